The summed E-state index contributed by atoms with van der Waals surface area (Å²) >= 11 is -0.116. The SMILES string of the molecule is O=C(c1cccs1)N1CCN(c2c([S+]([O-])c3ccccc3)c(=O)[pH]c3ccccc23)CC1. The number of hydrogen-bond donors (Lipinski definition) is 0. The van der Waals surface area contributed by atoms with Crippen molar-refractivity contribution in [3.05, 3.63) is 86.9 Å². The second-order valence-electron chi connectivity index (χ2n) is 7.52. The molecule has 2 atom stereocenters. The summed E-state index contributed by atoms with van der Waals surface area (Å²) in [5, 5.41) is 3.80. The first-order valence-corrected chi connectivity index (χ1v) is 13.4. The third-order valence-corrected chi connectivity index (χ3v) is 9.28. The van der Waals surface area contributed by atoms with Crippen molar-refractivity contribution in [2.24, 2.45) is 0 Å². The fourth-order valence-electron chi connectivity index (χ4n) is 4.04. The van der Waals surface area contributed by atoms with E-state index in [4.69, 9.17) is 0 Å². The monoisotopic (exact) mass is 480 g/mol. The molecule has 0 N–H and O–H groups in total. The Morgan fingerprint density at radius 1 is 0.938 bits per heavy atom. The Morgan fingerprint density at radius 2 is 1.66 bits per heavy atom. The molecule has 0 aliphatic carbocycles. The molecule has 2 aromatic carbocycles. The Morgan fingerprint density at radius 3 is 2.38 bits per heavy atom. The minimum Gasteiger partial charge on any atom is -0.606 e. The quantitative estimate of drug-likeness (QED) is 0.406. The lowest BCUT2D eigenvalue weighted by molar-refractivity contribution is 0.0751. The third kappa shape index (κ3) is 3.97. The first kappa shape index (κ1) is 21.3. The van der Waals surface area contributed by atoms with Gasteiger partial charge in [-0.3, -0.25) is 9.59 Å². The molecule has 32 heavy (non-hydrogen) atoms. The van der Waals surface area contributed by atoms with Gasteiger partial charge in [-0.1, -0.05) is 56.7 Å². The van der Waals surface area contributed by atoms with E-state index in [9.17, 15) is 14.1 Å². The first-order chi connectivity index (χ1) is 15.6. The van der Waals surface area contributed by atoms with E-state index in [-0.39, 0.29) is 19.3 Å². The van der Waals surface area contributed by atoms with Crippen LogP contribution in [-0.2, 0) is 11.2 Å². The van der Waals surface area contributed by atoms with E-state index < -0.39 is 11.2 Å². The molecule has 0 bridgehead atoms. The van der Waals surface area contributed by atoms with Gasteiger partial charge in [-0.05, 0) is 23.6 Å². The molecule has 1 amide bonds. The van der Waals surface area contributed by atoms with Crippen molar-refractivity contribution in [3.63, 3.8) is 0 Å². The summed E-state index contributed by atoms with van der Waals surface area (Å²) < 4.78 is 13.5. The Bertz CT molecular complexity index is 1300. The molecule has 162 valence electrons. The molecule has 4 aromatic rings. The zero-order chi connectivity index (χ0) is 22.1. The van der Waals surface area contributed by atoms with Gasteiger partial charge in [0.15, 0.2) is 4.90 Å². The fraction of sp³-hybridized carbons (Fsp3) is 0.167. The van der Waals surface area contributed by atoms with Crippen LogP contribution in [0, 0.1) is 0 Å². The van der Waals surface area contributed by atoms with Crippen molar-refractivity contribution in [1.82, 2.24) is 4.90 Å². The Labute approximate surface area is 194 Å². The van der Waals surface area contributed by atoms with Gasteiger partial charge in [-0.15, -0.1) is 11.3 Å². The molecule has 5 rings (SSSR count). The van der Waals surface area contributed by atoms with Gasteiger partial charge in [-0.25, -0.2) is 0 Å². The van der Waals surface area contributed by atoms with Crippen molar-refractivity contribution < 1.29 is 9.35 Å². The van der Waals surface area contributed by atoms with Gasteiger partial charge >= 0.3 is 0 Å². The highest BCUT2D eigenvalue weighted by molar-refractivity contribution is 7.91. The number of carbonyl (C=O) groups is 1. The molecule has 2 unspecified atom stereocenters. The summed E-state index contributed by atoms with van der Waals surface area (Å²) in [4.78, 5) is 31.7. The minimum absolute atomic E-state index is 0.0391. The zero-order valence-corrected chi connectivity index (χ0v) is 19.8. The van der Waals surface area contributed by atoms with Crippen LogP contribution in [0.4, 0.5) is 5.69 Å². The van der Waals surface area contributed by atoms with Gasteiger partial charge in [0.05, 0.1) is 4.88 Å². The van der Waals surface area contributed by atoms with Crippen LogP contribution >= 0.6 is 19.5 Å². The lowest BCUT2D eigenvalue weighted by Crippen LogP contribution is -2.49. The Kier molecular flexibility index (Phi) is 6.07. The van der Waals surface area contributed by atoms with E-state index in [1.807, 2.05) is 64.9 Å². The number of anilines is 1. The van der Waals surface area contributed by atoms with Crippen molar-refractivity contribution in [1.29, 1.82) is 0 Å². The molecular formula is C24H21N2O3PS2. The standard InChI is InChI=1S/C24H21N2O3PS2/c27-23(20-11-6-16-31-20)26-14-12-25(13-15-26)21-18-9-4-5-10-19(18)30-24(28)22(21)32(29)17-7-2-1-3-8-17/h1-11,16,30H,12-15H2. The van der Waals surface area contributed by atoms with Crippen LogP contribution in [0.2, 0.25) is 0 Å². The first-order valence-electron chi connectivity index (χ1n) is 10.3. The predicted molar refractivity (Wildman–Crippen MR) is 133 cm³/mol. The molecular weight excluding hydrogens is 459 g/mol. The molecule has 1 aliphatic rings. The van der Waals surface area contributed by atoms with Gasteiger partial charge in [0.1, 0.15) is 5.69 Å². The summed E-state index contributed by atoms with van der Waals surface area (Å²) in [6.45, 7) is 2.30. The summed E-state index contributed by atoms with van der Waals surface area (Å²) in [5.74, 6) is 0.0447. The highest BCUT2D eigenvalue weighted by atomic mass is 32.2. The molecule has 1 saturated heterocycles. The molecule has 0 spiro atoms. The van der Waals surface area contributed by atoms with E-state index in [2.05, 4.69) is 4.90 Å². The molecule has 1 fully saturated rings. The average Bonchev–Trinajstić information content (AvgIpc) is 3.38. The summed E-state index contributed by atoms with van der Waals surface area (Å²) in [5.41, 5.74) is 0.759. The molecule has 2 aromatic heterocycles. The summed E-state index contributed by atoms with van der Waals surface area (Å²) in [6.07, 6.45) is 0. The lowest BCUT2D eigenvalue weighted by atomic mass is 10.2. The van der Waals surface area contributed by atoms with E-state index in [1.54, 1.807) is 12.1 Å². The second kappa shape index (κ2) is 9.12. The molecule has 8 heteroatoms. The predicted octanol–water partition coefficient (Wildman–Crippen LogP) is 4.42. The number of carbonyl (C=O) groups excluding carboxylic acids is 1. The van der Waals surface area contributed by atoms with Gasteiger partial charge in [0, 0.05) is 47.9 Å². The van der Waals surface area contributed by atoms with Gasteiger partial charge in [0.2, 0.25) is 4.90 Å². The number of fused-ring (bicyclic) bond motifs is 1. The number of rotatable bonds is 4. The van der Waals surface area contributed by atoms with Gasteiger partial charge in [0.25, 0.3) is 11.1 Å². The van der Waals surface area contributed by atoms with Gasteiger partial charge < -0.3 is 14.4 Å². The van der Waals surface area contributed by atoms with Crippen LogP contribution in [0.15, 0.2) is 86.7 Å². The van der Waals surface area contributed by atoms with Gasteiger partial charge in [-0.2, -0.15) is 0 Å². The van der Waals surface area contributed by atoms with Crippen LogP contribution in [-0.4, -0.2) is 41.5 Å². The smallest absolute Gasteiger partial charge is 0.264 e. The molecule has 0 saturated carbocycles. The molecule has 5 nitrogen and oxygen atoms in total. The summed E-state index contributed by atoms with van der Waals surface area (Å²) in [7, 11) is -0.0391. The number of piperazine rings is 1. The Balaban J connectivity index is 1.53. The maximum atomic E-state index is 13.5. The topological polar surface area (TPSA) is 63.7 Å². The lowest BCUT2D eigenvalue weighted by Gasteiger charge is -2.36. The average molecular weight is 481 g/mol. The minimum atomic E-state index is -1.56. The maximum absolute atomic E-state index is 13.5. The van der Waals surface area contributed by atoms with Crippen LogP contribution in [0.3, 0.4) is 0 Å². The van der Waals surface area contributed by atoms with Crippen LogP contribution in [0.25, 0.3) is 10.5 Å². The highest BCUT2D eigenvalue weighted by Gasteiger charge is 2.31. The van der Waals surface area contributed by atoms with Crippen LogP contribution in [0.1, 0.15) is 9.67 Å². The molecule has 0 radical (unpaired) electrons. The van der Waals surface area contributed by atoms with E-state index in [0.29, 0.717) is 36.0 Å². The van der Waals surface area contributed by atoms with Crippen LogP contribution < -0.4 is 10.1 Å². The van der Waals surface area contributed by atoms with Crippen molar-refractivity contribution >= 4 is 52.8 Å². The number of amides is 1. The number of thiophene rings is 1. The maximum Gasteiger partial charge on any atom is 0.264 e. The zero-order valence-electron chi connectivity index (χ0n) is 17.2. The van der Waals surface area contributed by atoms with Crippen LogP contribution in [0.5, 0.6) is 0 Å². The number of hydrogen-bond acceptors (Lipinski definition) is 5. The van der Waals surface area contributed by atoms with Crippen molar-refractivity contribution in [2.45, 2.75) is 9.79 Å². The van der Waals surface area contributed by atoms with E-state index in [0.717, 1.165) is 21.1 Å². The largest absolute Gasteiger partial charge is 0.606 e. The fourth-order valence-corrected chi connectivity index (χ4v) is 7.38. The number of benzene rings is 2. The van der Waals surface area contributed by atoms with Crippen molar-refractivity contribution in [3.8, 4) is 0 Å². The Hall–Kier alpha value is -2.57. The normalized spacial score (nSPS) is 15.4. The highest BCUT2D eigenvalue weighted by Crippen LogP contribution is 2.37. The number of nitrogens with zero attached hydrogens (tertiary/aromatic N) is 2. The van der Waals surface area contributed by atoms with E-state index >= 15 is 0 Å². The summed E-state index contributed by atoms with van der Waals surface area (Å²) in [6, 6.07) is 20.8. The third-order valence-electron chi connectivity index (χ3n) is 5.61. The molecule has 3 heterocycles. The van der Waals surface area contributed by atoms with E-state index in [1.165, 1.54) is 11.3 Å². The second-order valence-corrected chi connectivity index (χ2v) is 11.1. The van der Waals surface area contributed by atoms with Crippen molar-refractivity contribution in [2.75, 3.05) is 31.1 Å². The molecule has 1 aliphatic heterocycles.